The Bertz CT molecular complexity index is 396. The minimum atomic E-state index is -0.184. The van der Waals surface area contributed by atoms with Crippen molar-refractivity contribution in [1.29, 1.82) is 0 Å². The van der Waals surface area contributed by atoms with Crippen LogP contribution >= 0.6 is 12.4 Å². The van der Waals surface area contributed by atoms with Gasteiger partial charge in [-0.15, -0.1) is 19.0 Å². The number of phenolic OH excluding ortho intramolecular Hbond substituents is 1. The van der Waals surface area contributed by atoms with Gasteiger partial charge in [0, 0.05) is 6.04 Å². The van der Waals surface area contributed by atoms with E-state index in [1.165, 1.54) is 14.2 Å². The zero-order chi connectivity index (χ0) is 13.0. The minimum absolute atomic E-state index is 0. The number of nitrogens with two attached hydrogens (primary N) is 1. The number of rotatable bonds is 5. The molecule has 5 heteroatoms. The van der Waals surface area contributed by atoms with Crippen molar-refractivity contribution < 1.29 is 14.6 Å². The van der Waals surface area contributed by atoms with E-state index in [9.17, 15) is 5.11 Å². The highest BCUT2D eigenvalue weighted by Gasteiger charge is 2.15. The average molecular weight is 274 g/mol. The van der Waals surface area contributed by atoms with Crippen molar-refractivity contribution in [1.82, 2.24) is 0 Å². The summed E-state index contributed by atoms with van der Waals surface area (Å²) in [6.45, 7) is 5.76. The second kappa shape index (κ2) is 7.13. The van der Waals surface area contributed by atoms with Gasteiger partial charge in [0.15, 0.2) is 11.5 Å². The van der Waals surface area contributed by atoms with Crippen LogP contribution < -0.4 is 15.2 Å². The molecule has 0 aliphatic heterocycles. The van der Waals surface area contributed by atoms with Gasteiger partial charge < -0.3 is 20.3 Å². The van der Waals surface area contributed by atoms with E-state index in [0.29, 0.717) is 17.9 Å². The maximum Gasteiger partial charge on any atom is 0.200 e. The standard InChI is InChI=1S/C13H19NO3.ClH/c1-8(2)5-10(14)9-6-11(16-3)13(15)12(7-9)17-4;/h6-7,10,15H,1,5,14H2,2-4H3;1H/t10-;/m1./s1. The maximum absolute atomic E-state index is 9.77. The van der Waals surface area contributed by atoms with Crippen molar-refractivity contribution in [3.05, 3.63) is 29.8 Å². The molecular formula is C13H20ClNO3. The molecule has 0 spiro atoms. The van der Waals surface area contributed by atoms with Gasteiger partial charge in [-0.1, -0.05) is 5.57 Å². The van der Waals surface area contributed by atoms with Gasteiger partial charge in [-0.3, -0.25) is 0 Å². The summed E-state index contributed by atoms with van der Waals surface area (Å²) in [6, 6.07) is 3.24. The Balaban J connectivity index is 0.00000289. The highest BCUT2D eigenvalue weighted by atomic mass is 35.5. The molecule has 102 valence electrons. The summed E-state index contributed by atoms with van der Waals surface area (Å²) in [5.41, 5.74) is 7.89. The summed E-state index contributed by atoms with van der Waals surface area (Å²) in [5, 5.41) is 9.77. The number of phenols is 1. The monoisotopic (exact) mass is 273 g/mol. The van der Waals surface area contributed by atoms with Crippen molar-refractivity contribution in [2.24, 2.45) is 5.73 Å². The largest absolute Gasteiger partial charge is 0.502 e. The van der Waals surface area contributed by atoms with Gasteiger partial charge in [-0.05, 0) is 31.0 Å². The number of hydrogen-bond donors (Lipinski definition) is 2. The third-order valence-corrected chi connectivity index (χ3v) is 2.50. The molecule has 0 unspecified atom stereocenters. The summed E-state index contributed by atoms with van der Waals surface area (Å²) >= 11 is 0. The highest BCUT2D eigenvalue weighted by molar-refractivity contribution is 5.85. The van der Waals surface area contributed by atoms with Crippen molar-refractivity contribution in [3.8, 4) is 17.2 Å². The first-order valence-electron chi connectivity index (χ1n) is 5.34. The van der Waals surface area contributed by atoms with Gasteiger partial charge in [0.05, 0.1) is 14.2 Å². The number of aromatic hydroxyl groups is 1. The summed E-state index contributed by atoms with van der Waals surface area (Å²) in [6.07, 6.45) is 0.678. The maximum atomic E-state index is 9.77. The number of methoxy groups -OCH3 is 2. The number of hydrogen-bond acceptors (Lipinski definition) is 4. The van der Waals surface area contributed by atoms with E-state index in [2.05, 4.69) is 6.58 Å². The van der Waals surface area contributed by atoms with Gasteiger partial charge in [0.2, 0.25) is 5.75 Å². The number of halogens is 1. The van der Waals surface area contributed by atoms with Gasteiger partial charge in [0.1, 0.15) is 0 Å². The normalized spacial score (nSPS) is 11.3. The molecule has 0 heterocycles. The highest BCUT2D eigenvalue weighted by Crippen LogP contribution is 2.39. The SMILES string of the molecule is C=C(C)C[C@@H](N)c1cc(OC)c(O)c(OC)c1.Cl. The van der Waals surface area contributed by atoms with Gasteiger partial charge >= 0.3 is 0 Å². The van der Waals surface area contributed by atoms with Crippen molar-refractivity contribution in [3.63, 3.8) is 0 Å². The first-order valence-corrected chi connectivity index (χ1v) is 5.34. The van der Waals surface area contributed by atoms with E-state index in [-0.39, 0.29) is 24.2 Å². The molecule has 18 heavy (non-hydrogen) atoms. The van der Waals surface area contributed by atoms with Crippen LogP contribution in [0.15, 0.2) is 24.3 Å². The molecule has 0 aromatic heterocycles. The molecule has 3 N–H and O–H groups in total. The van der Waals surface area contributed by atoms with E-state index in [4.69, 9.17) is 15.2 Å². The molecule has 0 saturated heterocycles. The smallest absolute Gasteiger partial charge is 0.200 e. The van der Waals surface area contributed by atoms with Crippen molar-refractivity contribution in [2.45, 2.75) is 19.4 Å². The predicted molar refractivity (Wildman–Crippen MR) is 74.8 cm³/mol. The van der Waals surface area contributed by atoms with Crippen LogP contribution in [0.1, 0.15) is 24.9 Å². The van der Waals surface area contributed by atoms with Crippen LogP contribution in [0.3, 0.4) is 0 Å². The fraction of sp³-hybridized carbons (Fsp3) is 0.385. The summed E-state index contributed by atoms with van der Waals surface area (Å²) < 4.78 is 10.2. The van der Waals surface area contributed by atoms with Crippen LogP contribution in [0.4, 0.5) is 0 Å². The fourth-order valence-corrected chi connectivity index (χ4v) is 1.62. The quantitative estimate of drug-likeness (QED) is 0.810. The minimum Gasteiger partial charge on any atom is -0.502 e. The van der Waals surface area contributed by atoms with Gasteiger partial charge in [-0.25, -0.2) is 0 Å². The van der Waals surface area contributed by atoms with E-state index < -0.39 is 0 Å². The van der Waals surface area contributed by atoms with Crippen LogP contribution in [-0.4, -0.2) is 19.3 Å². The molecule has 0 bridgehead atoms. The fourth-order valence-electron chi connectivity index (χ4n) is 1.62. The molecule has 0 radical (unpaired) electrons. The molecule has 1 rings (SSSR count). The van der Waals surface area contributed by atoms with Crippen LogP contribution in [-0.2, 0) is 0 Å². The summed E-state index contributed by atoms with van der Waals surface area (Å²) in [4.78, 5) is 0. The number of ether oxygens (including phenoxy) is 2. The van der Waals surface area contributed by atoms with Crippen LogP contribution in [0.25, 0.3) is 0 Å². The Kier molecular flexibility index (Phi) is 6.58. The van der Waals surface area contributed by atoms with Crippen LogP contribution in [0, 0.1) is 0 Å². The Labute approximate surface area is 114 Å². The first kappa shape index (κ1) is 16.6. The lowest BCUT2D eigenvalue weighted by Crippen LogP contribution is -2.10. The molecule has 0 saturated carbocycles. The first-order chi connectivity index (χ1) is 7.99. The second-order valence-corrected chi connectivity index (χ2v) is 4.04. The second-order valence-electron chi connectivity index (χ2n) is 4.04. The van der Waals surface area contributed by atoms with Crippen molar-refractivity contribution in [2.75, 3.05) is 14.2 Å². The molecule has 1 aromatic carbocycles. The van der Waals surface area contributed by atoms with Crippen molar-refractivity contribution >= 4 is 12.4 Å². The lowest BCUT2D eigenvalue weighted by molar-refractivity contribution is 0.338. The Morgan fingerprint density at radius 3 is 2.11 bits per heavy atom. The zero-order valence-electron chi connectivity index (χ0n) is 10.9. The molecule has 1 aromatic rings. The topological polar surface area (TPSA) is 64.7 Å². The molecule has 0 aliphatic rings. The Hall–Kier alpha value is -1.39. The van der Waals surface area contributed by atoms with E-state index in [1.807, 2.05) is 6.92 Å². The third kappa shape index (κ3) is 3.82. The molecule has 4 nitrogen and oxygen atoms in total. The number of benzene rings is 1. The van der Waals surface area contributed by atoms with E-state index in [1.54, 1.807) is 12.1 Å². The molecule has 0 amide bonds. The van der Waals surface area contributed by atoms with Gasteiger partial charge in [-0.2, -0.15) is 0 Å². The lowest BCUT2D eigenvalue weighted by atomic mass is 10.0. The third-order valence-electron chi connectivity index (χ3n) is 2.50. The average Bonchev–Trinajstić information content (AvgIpc) is 2.28. The Morgan fingerprint density at radius 2 is 1.78 bits per heavy atom. The lowest BCUT2D eigenvalue weighted by Gasteiger charge is -2.16. The molecule has 0 fully saturated rings. The Morgan fingerprint density at radius 1 is 1.33 bits per heavy atom. The zero-order valence-corrected chi connectivity index (χ0v) is 11.7. The van der Waals surface area contributed by atoms with E-state index >= 15 is 0 Å². The van der Waals surface area contributed by atoms with Crippen LogP contribution in [0.2, 0.25) is 0 Å². The van der Waals surface area contributed by atoms with Gasteiger partial charge in [0.25, 0.3) is 0 Å². The summed E-state index contributed by atoms with van der Waals surface area (Å²) in [5.74, 6) is 0.703. The van der Waals surface area contributed by atoms with Crippen LogP contribution in [0.5, 0.6) is 17.2 Å². The summed E-state index contributed by atoms with van der Waals surface area (Å²) in [7, 11) is 2.98. The van der Waals surface area contributed by atoms with E-state index in [0.717, 1.165) is 11.1 Å². The molecule has 1 atom stereocenters. The molecular weight excluding hydrogens is 254 g/mol. The molecule has 0 aliphatic carbocycles. The predicted octanol–water partition coefficient (Wildman–Crippen LogP) is 2.80.